The van der Waals surface area contributed by atoms with Crippen molar-refractivity contribution < 1.29 is 18.8 Å². The molecule has 162 valence electrons. The molecule has 1 aromatic rings. The first-order chi connectivity index (χ1) is 14.4. The number of piperazine rings is 1. The first-order valence-corrected chi connectivity index (χ1v) is 10.7. The van der Waals surface area contributed by atoms with Crippen molar-refractivity contribution in [2.24, 2.45) is 5.92 Å². The fraction of sp³-hybridized carbons (Fsp3) is 0.591. The van der Waals surface area contributed by atoms with Crippen LogP contribution >= 0.6 is 0 Å². The van der Waals surface area contributed by atoms with E-state index in [1.165, 1.54) is 17.0 Å². The van der Waals surface area contributed by atoms with Gasteiger partial charge in [0.25, 0.3) is 5.91 Å². The van der Waals surface area contributed by atoms with Gasteiger partial charge in [-0.05, 0) is 49.3 Å². The second kappa shape index (κ2) is 8.34. The quantitative estimate of drug-likeness (QED) is 0.762. The summed E-state index contributed by atoms with van der Waals surface area (Å²) in [5, 5.41) is 2.96. The van der Waals surface area contributed by atoms with E-state index in [2.05, 4.69) is 12.2 Å². The second-order valence-corrected chi connectivity index (χ2v) is 8.87. The van der Waals surface area contributed by atoms with Crippen LogP contribution in [0.4, 0.5) is 9.18 Å². The van der Waals surface area contributed by atoms with E-state index in [4.69, 9.17) is 0 Å². The van der Waals surface area contributed by atoms with Gasteiger partial charge in [0.2, 0.25) is 5.91 Å². The predicted molar refractivity (Wildman–Crippen MR) is 109 cm³/mol. The summed E-state index contributed by atoms with van der Waals surface area (Å²) in [7, 11) is 0. The van der Waals surface area contributed by atoms with Crippen molar-refractivity contribution in [3.8, 4) is 0 Å². The highest BCUT2D eigenvalue weighted by Crippen LogP contribution is 2.36. The Labute approximate surface area is 176 Å². The van der Waals surface area contributed by atoms with E-state index in [1.54, 1.807) is 17.0 Å². The number of urea groups is 1. The molecule has 0 radical (unpaired) electrons. The van der Waals surface area contributed by atoms with Gasteiger partial charge in [0.15, 0.2) is 0 Å². The van der Waals surface area contributed by atoms with Crippen molar-refractivity contribution in [1.82, 2.24) is 20.0 Å². The van der Waals surface area contributed by atoms with E-state index in [1.807, 2.05) is 4.90 Å². The van der Waals surface area contributed by atoms with E-state index < -0.39 is 5.54 Å². The Morgan fingerprint density at radius 3 is 2.37 bits per heavy atom. The lowest BCUT2D eigenvalue weighted by molar-refractivity contribution is -0.136. The Morgan fingerprint density at radius 1 is 1.10 bits per heavy atom. The van der Waals surface area contributed by atoms with Crippen molar-refractivity contribution >= 4 is 17.8 Å². The molecule has 0 bridgehead atoms. The molecule has 2 saturated heterocycles. The Balaban J connectivity index is 1.28. The molecule has 1 aromatic carbocycles. The number of carbonyl (C=O) groups is 3. The second-order valence-electron chi connectivity index (χ2n) is 8.87. The normalized spacial score (nSPS) is 27.6. The first kappa shape index (κ1) is 20.8. The van der Waals surface area contributed by atoms with Crippen LogP contribution in [0, 0.1) is 11.7 Å². The molecule has 30 heavy (non-hydrogen) atoms. The van der Waals surface area contributed by atoms with Crippen LogP contribution in [0.3, 0.4) is 0 Å². The Hall–Kier alpha value is -2.48. The third-order valence-electron chi connectivity index (χ3n) is 6.71. The van der Waals surface area contributed by atoms with Gasteiger partial charge in [-0.2, -0.15) is 0 Å². The maximum Gasteiger partial charge on any atom is 0.326 e. The summed E-state index contributed by atoms with van der Waals surface area (Å²) in [5.41, 5.74) is 0.0755. The molecule has 3 fully saturated rings. The van der Waals surface area contributed by atoms with Crippen molar-refractivity contribution in [3.05, 3.63) is 35.6 Å². The predicted octanol–water partition coefficient (Wildman–Crippen LogP) is 1.97. The minimum Gasteiger partial charge on any atom is -0.340 e. The average Bonchev–Trinajstić information content (AvgIpc) is 2.96. The molecule has 1 aliphatic carbocycles. The number of imide groups is 1. The van der Waals surface area contributed by atoms with E-state index >= 15 is 0 Å². The van der Waals surface area contributed by atoms with Crippen LogP contribution in [0.1, 0.15) is 38.2 Å². The molecule has 0 atom stereocenters. The smallest absolute Gasteiger partial charge is 0.326 e. The first-order valence-electron chi connectivity index (χ1n) is 10.7. The fourth-order valence-corrected chi connectivity index (χ4v) is 4.63. The number of halogens is 1. The number of nitrogens with zero attached hydrogens (tertiary/aromatic N) is 3. The summed E-state index contributed by atoms with van der Waals surface area (Å²) < 4.78 is 13.0. The number of amides is 4. The monoisotopic (exact) mass is 416 g/mol. The molecular weight excluding hydrogens is 387 g/mol. The molecule has 0 aromatic heterocycles. The number of carbonyl (C=O) groups excluding carboxylic acids is 3. The number of hydrogen-bond donors (Lipinski definition) is 1. The van der Waals surface area contributed by atoms with Crippen LogP contribution in [0.5, 0.6) is 0 Å². The van der Waals surface area contributed by atoms with Crippen molar-refractivity contribution in [3.63, 3.8) is 0 Å². The Kier molecular flexibility index (Phi) is 5.77. The van der Waals surface area contributed by atoms with Gasteiger partial charge >= 0.3 is 6.03 Å². The Morgan fingerprint density at radius 2 is 1.73 bits per heavy atom. The molecule has 4 rings (SSSR count). The molecule has 2 heterocycles. The van der Waals surface area contributed by atoms with Gasteiger partial charge in [0, 0.05) is 26.2 Å². The molecule has 4 amide bonds. The van der Waals surface area contributed by atoms with Crippen molar-refractivity contribution in [2.45, 2.75) is 44.6 Å². The summed E-state index contributed by atoms with van der Waals surface area (Å²) >= 11 is 0. The fourth-order valence-electron chi connectivity index (χ4n) is 4.63. The van der Waals surface area contributed by atoms with Crippen LogP contribution in [-0.2, 0) is 16.0 Å². The van der Waals surface area contributed by atoms with E-state index in [0.29, 0.717) is 44.9 Å². The molecule has 1 saturated carbocycles. The minimum absolute atomic E-state index is 0.00604. The van der Waals surface area contributed by atoms with E-state index in [0.717, 1.165) is 18.4 Å². The maximum atomic E-state index is 13.0. The molecule has 3 aliphatic rings. The number of hydrogen-bond acceptors (Lipinski definition) is 4. The summed E-state index contributed by atoms with van der Waals surface area (Å²) in [6, 6.07) is 5.67. The maximum absolute atomic E-state index is 13.0. The topological polar surface area (TPSA) is 73.0 Å². The number of benzene rings is 1. The Bertz CT molecular complexity index is 812. The van der Waals surface area contributed by atoms with E-state index in [9.17, 15) is 18.8 Å². The molecule has 2 aliphatic heterocycles. The lowest BCUT2D eigenvalue weighted by atomic mass is 9.77. The van der Waals surface area contributed by atoms with Gasteiger partial charge < -0.3 is 10.2 Å². The molecule has 8 heteroatoms. The van der Waals surface area contributed by atoms with Gasteiger partial charge in [0.05, 0.1) is 13.1 Å². The zero-order chi connectivity index (χ0) is 21.3. The highest BCUT2D eigenvalue weighted by atomic mass is 19.1. The van der Waals surface area contributed by atoms with Crippen molar-refractivity contribution in [1.29, 1.82) is 0 Å². The lowest BCUT2D eigenvalue weighted by Gasteiger charge is -2.37. The van der Waals surface area contributed by atoms with Crippen molar-refractivity contribution in [2.75, 3.05) is 32.8 Å². The minimum atomic E-state index is -0.712. The molecular formula is C22H29FN4O3. The zero-order valence-corrected chi connectivity index (χ0v) is 17.4. The summed E-state index contributed by atoms with van der Waals surface area (Å²) in [6.45, 7) is 4.76. The van der Waals surface area contributed by atoms with Crippen LogP contribution in [0.15, 0.2) is 24.3 Å². The van der Waals surface area contributed by atoms with Crippen LogP contribution in [-0.4, -0.2) is 70.9 Å². The average molecular weight is 416 g/mol. The zero-order valence-electron chi connectivity index (χ0n) is 17.4. The molecule has 1 spiro atoms. The van der Waals surface area contributed by atoms with Gasteiger partial charge in [-0.15, -0.1) is 0 Å². The number of rotatable bonds is 4. The van der Waals surface area contributed by atoms with Gasteiger partial charge in [-0.3, -0.25) is 14.5 Å². The summed E-state index contributed by atoms with van der Waals surface area (Å²) in [4.78, 5) is 43.2. The third kappa shape index (κ3) is 4.19. The van der Waals surface area contributed by atoms with Gasteiger partial charge in [-0.1, -0.05) is 19.1 Å². The van der Waals surface area contributed by atoms with Crippen LogP contribution in [0.2, 0.25) is 0 Å². The lowest BCUT2D eigenvalue weighted by Crippen LogP contribution is -2.53. The van der Waals surface area contributed by atoms with E-state index in [-0.39, 0.29) is 36.8 Å². The summed E-state index contributed by atoms with van der Waals surface area (Å²) in [5.74, 6) is 0.181. The van der Waals surface area contributed by atoms with Gasteiger partial charge in [-0.25, -0.2) is 14.1 Å². The van der Waals surface area contributed by atoms with Crippen LogP contribution < -0.4 is 5.32 Å². The highest BCUT2D eigenvalue weighted by Gasteiger charge is 2.52. The SMILES string of the molecule is CC1CCC2(CC1)NC(=O)N(CN1CCN(C(=O)Cc3ccc(F)cc3)CC1)C2=O. The standard InChI is InChI=1S/C22H29FN4O3/c1-16-6-8-22(9-7-16)20(29)27(21(30)24-22)15-25-10-12-26(13-11-25)19(28)14-17-2-4-18(23)5-3-17/h2-5,16H,6-15H2,1H3,(H,24,30). The third-order valence-corrected chi connectivity index (χ3v) is 6.71. The number of nitrogens with one attached hydrogen (secondary N) is 1. The molecule has 1 N–H and O–H groups in total. The van der Waals surface area contributed by atoms with Crippen LogP contribution in [0.25, 0.3) is 0 Å². The molecule has 0 unspecified atom stereocenters. The highest BCUT2D eigenvalue weighted by molar-refractivity contribution is 6.07. The van der Waals surface area contributed by atoms with Gasteiger partial charge in [0.1, 0.15) is 11.4 Å². The summed E-state index contributed by atoms with van der Waals surface area (Å²) in [6.07, 6.45) is 3.57. The molecule has 7 nitrogen and oxygen atoms in total. The largest absolute Gasteiger partial charge is 0.340 e.